The molecule has 148 valence electrons. The summed E-state index contributed by atoms with van der Waals surface area (Å²) in [6, 6.07) is 12.4. The first-order valence-electron chi connectivity index (χ1n) is 9.99. The highest BCUT2D eigenvalue weighted by molar-refractivity contribution is 5.92. The first-order valence-corrected chi connectivity index (χ1v) is 9.99. The van der Waals surface area contributed by atoms with Crippen LogP contribution < -0.4 is 24.6 Å². The molecule has 1 amide bonds. The van der Waals surface area contributed by atoms with Gasteiger partial charge in [-0.05, 0) is 49.2 Å². The molecular weight excluding hydrogens is 354 g/mol. The molecule has 2 aliphatic heterocycles. The zero-order chi connectivity index (χ0) is 19.5. The molecule has 0 radical (unpaired) electrons. The molecule has 0 unspecified atom stereocenters. The van der Waals surface area contributed by atoms with Gasteiger partial charge in [-0.3, -0.25) is 4.79 Å². The van der Waals surface area contributed by atoms with E-state index in [1.165, 1.54) is 10.5 Å². The minimum atomic E-state index is 0.0999. The standard InChI is InChI=1S/C22H27N3O3/c1-16-3-4-17(2)19(11-16)23-22(26)14-25-9-7-24(8-10-25)13-18-5-6-20-21(12-18)28-15-27-20/h3-6,11-12H,7-10,13-15H2,1-2H3,(H,23,26)/p+2. The van der Waals surface area contributed by atoms with Crippen LogP contribution in [0.3, 0.4) is 0 Å². The molecule has 1 fully saturated rings. The van der Waals surface area contributed by atoms with Crippen molar-refractivity contribution in [3.05, 3.63) is 53.1 Å². The van der Waals surface area contributed by atoms with Crippen LogP contribution in [0.1, 0.15) is 16.7 Å². The molecule has 0 aliphatic carbocycles. The predicted octanol–water partition coefficient (Wildman–Crippen LogP) is -0.0458. The number of ether oxygens (including phenoxy) is 2. The largest absolute Gasteiger partial charge is 0.454 e. The molecule has 0 saturated carbocycles. The van der Waals surface area contributed by atoms with E-state index in [0.717, 1.165) is 61.0 Å². The monoisotopic (exact) mass is 383 g/mol. The van der Waals surface area contributed by atoms with Gasteiger partial charge in [-0.15, -0.1) is 0 Å². The van der Waals surface area contributed by atoms with Crippen LogP contribution in [0, 0.1) is 13.8 Å². The van der Waals surface area contributed by atoms with Crippen LogP contribution in [-0.2, 0) is 11.3 Å². The lowest BCUT2D eigenvalue weighted by Crippen LogP contribution is -3.28. The van der Waals surface area contributed by atoms with E-state index in [2.05, 4.69) is 29.6 Å². The highest BCUT2D eigenvalue weighted by Gasteiger charge is 2.25. The van der Waals surface area contributed by atoms with Gasteiger partial charge in [0.05, 0.1) is 0 Å². The Hall–Kier alpha value is -2.57. The average Bonchev–Trinajstić information content (AvgIpc) is 3.14. The van der Waals surface area contributed by atoms with Gasteiger partial charge < -0.3 is 24.6 Å². The maximum Gasteiger partial charge on any atom is 0.279 e. The van der Waals surface area contributed by atoms with Crippen LogP contribution in [0.5, 0.6) is 11.5 Å². The van der Waals surface area contributed by atoms with Crippen molar-refractivity contribution in [3.63, 3.8) is 0 Å². The van der Waals surface area contributed by atoms with Crippen LogP contribution in [0.15, 0.2) is 36.4 Å². The summed E-state index contributed by atoms with van der Waals surface area (Å²) in [7, 11) is 0. The second-order valence-corrected chi connectivity index (χ2v) is 7.91. The molecule has 6 nitrogen and oxygen atoms in total. The van der Waals surface area contributed by atoms with Crippen molar-refractivity contribution < 1.29 is 24.1 Å². The van der Waals surface area contributed by atoms with Crippen molar-refractivity contribution >= 4 is 11.6 Å². The molecule has 2 heterocycles. The molecule has 0 bridgehead atoms. The summed E-state index contributed by atoms with van der Waals surface area (Å²) in [5, 5.41) is 3.08. The summed E-state index contributed by atoms with van der Waals surface area (Å²) < 4.78 is 10.9. The first kappa shape index (κ1) is 18.8. The second-order valence-electron chi connectivity index (χ2n) is 7.91. The van der Waals surface area contributed by atoms with E-state index < -0.39 is 0 Å². The number of amides is 1. The molecule has 2 aromatic carbocycles. The number of piperazine rings is 1. The zero-order valence-corrected chi connectivity index (χ0v) is 16.6. The summed E-state index contributed by atoms with van der Waals surface area (Å²) in [6.45, 7) is 10.1. The van der Waals surface area contributed by atoms with Gasteiger partial charge in [0.2, 0.25) is 6.79 Å². The van der Waals surface area contributed by atoms with E-state index in [-0.39, 0.29) is 5.91 Å². The fourth-order valence-corrected chi connectivity index (χ4v) is 3.94. The number of rotatable bonds is 5. The van der Waals surface area contributed by atoms with Crippen molar-refractivity contribution in [2.45, 2.75) is 20.4 Å². The summed E-state index contributed by atoms with van der Waals surface area (Å²) in [5.41, 5.74) is 4.47. The molecule has 6 heteroatoms. The Balaban J connectivity index is 1.25. The zero-order valence-electron chi connectivity index (χ0n) is 16.6. The van der Waals surface area contributed by atoms with Gasteiger partial charge >= 0.3 is 0 Å². The third-order valence-electron chi connectivity index (χ3n) is 5.63. The van der Waals surface area contributed by atoms with Crippen LogP contribution in [-0.4, -0.2) is 45.4 Å². The smallest absolute Gasteiger partial charge is 0.279 e. The fraction of sp³-hybridized carbons (Fsp3) is 0.409. The van der Waals surface area contributed by atoms with Crippen molar-refractivity contribution in [2.75, 3.05) is 44.8 Å². The van der Waals surface area contributed by atoms with Crippen molar-refractivity contribution in [1.29, 1.82) is 0 Å². The quantitative estimate of drug-likeness (QED) is 0.679. The van der Waals surface area contributed by atoms with Gasteiger partial charge in [-0.1, -0.05) is 12.1 Å². The highest BCUT2D eigenvalue weighted by atomic mass is 16.7. The minimum absolute atomic E-state index is 0.0999. The van der Waals surface area contributed by atoms with Crippen LogP contribution in [0.4, 0.5) is 5.69 Å². The van der Waals surface area contributed by atoms with Gasteiger partial charge in [0.1, 0.15) is 32.7 Å². The molecule has 0 spiro atoms. The Kier molecular flexibility index (Phi) is 5.50. The molecule has 0 atom stereocenters. The Morgan fingerprint density at radius 1 is 0.964 bits per heavy atom. The van der Waals surface area contributed by atoms with Crippen molar-refractivity contribution in [3.8, 4) is 11.5 Å². The normalized spacial score (nSPS) is 20.8. The molecule has 1 saturated heterocycles. The van der Waals surface area contributed by atoms with Gasteiger partial charge in [0, 0.05) is 11.3 Å². The summed E-state index contributed by atoms with van der Waals surface area (Å²) in [6.07, 6.45) is 0. The van der Waals surface area contributed by atoms with E-state index in [4.69, 9.17) is 9.47 Å². The molecule has 2 aromatic rings. The number of benzene rings is 2. The van der Waals surface area contributed by atoms with Gasteiger partial charge in [-0.25, -0.2) is 0 Å². The lowest BCUT2D eigenvalue weighted by molar-refractivity contribution is -1.02. The second kappa shape index (κ2) is 8.20. The van der Waals surface area contributed by atoms with Gasteiger partial charge in [0.25, 0.3) is 5.91 Å². The molecule has 0 aromatic heterocycles. The van der Waals surface area contributed by atoms with E-state index in [1.54, 1.807) is 4.90 Å². The summed E-state index contributed by atoms with van der Waals surface area (Å²) >= 11 is 0. The fourth-order valence-electron chi connectivity index (χ4n) is 3.94. The third-order valence-corrected chi connectivity index (χ3v) is 5.63. The predicted molar refractivity (Wildman–Crippen MR) is 107 cm³/mol. The van der Waals surface area contributed by atoms with Crippen LogP contribution >= 0.6 is 0 Å². The number of carbonyl (C=O) groups is 1. The summed E-state index contributed by atoms with van der Waals surface area (Å²) in [4.78, 5) is 15.4. The van der Waals surface area contributed by atoms with Crippen LogP contribution in [0.2, 0.25) is 0 Å². The van der Waals surface area contributed by atoms with E-state index >= 15 is 0 Å². The van der Waals surface area contributed by atoms with E-state index in [9.17, 15) is 4.79 Å². The van der Waals surface area contributed by atoms with Gasteiger partial charge in [0.15, 0.2) is 18.0 Å². The van der Waals surface area contributed by atoms with Crippen molar-refractivity contribution in [2.24, 2.45) is 0 Å². The van der Waals surface area contributed by atoms with E-state index in [1.807, 2.05) is 26.0 Å². The lowest BCUT2D eigenvalue weighted by atomic mass is 10.1. The molecular formula is C22H29N3O3+2. The molecule has 28 heavy (non-hydrogen) atoms. The third kappa shape index (κ3) is 4.46. The maximum absolute atomic E-state index is 12.5. The number of anilines is 1. The lowest BCUT2D eigenvalue weighted by Gasteiger charge is -2.29. The highest BCUT2D eigenvalue weighted by Crippen LogP contribution is 2.32. The van der Waals surface area contributed by atoms with Gasteiger partial charge in [-0.2, -0.15) is 0 Å². The number of aryl methyl sites for hydroxylation is 2. The minimum Gasteiger partial charge on any atom is -0.454 e. The number of fused-ring (bicyclic) bond motifs is 1. The Morgan fingerprint density at radius 3 is 2.54 bits per heavy atom. The number of nitrogens with one attached hydrogen (secondary N) is 3. The summed E-state index contributed by atoms with van der Waals surface area (Å²) in [5.74, 6) is 1.79. The van der Waals surface area contributed by atoms with Crippen LogP contribution in [0.25, 0.3) is 0 Å². The first-order chi connectivity index (χ1) is 13.6. The molecule has 4 rings (SSSR count). The van der Waals surface area contributed by atoms with E-state index in [0.29, 0.717) is 13.3 Å². The molecule has 2 aliphatic rings. The Bertz CT molecular complexity index is 860. The number of quaternary nitrogens is 2. The number of carbonyl (C=O) groups excluding carboxylic acids is 1. The molecule has 3 N–H and O–H groups in total. The van der Waals surface area contributed by atoms with Crippen molar-refractivity contribution in [1.82, 2.24) is 0 Å². The number of hydrogen-bond acceptors (Lipinski definition) is 3. The topological polar surface area (TPSA) is 56.4 Å². The maximum atomic E-state index is 12.5. The number of hydrogen-bond donors (Lipinski definition) is 3. The average molecular weight is 383 g/mol. The Morgan fingerprint density at radius 2 is 1.71 bits per heavy atom. The SMILES string of the molecule is Cc1ccc(C)c(NC(=O)C[NH+]2CC[NH+](Cc3ccc4c(c3)OCO4)CC2)c1. The Labute approximate surface area is 166 Å².